The van der Waals surface area contributed by atoms with Gasteiger partial charge in [0.15, 0.2) is 12.2 Å². The number of para-hydroxylation sites is 1. The fourth-order valence-electron chi connectivity index (χ4n) is 4.69. The molecule has 36 heavy (non-hydrogen) atoms. The normalized spacial score (nSPS) is 19.6. The van der Waals surface area contributed by atoms with Crippen LogP contribution in [-0.4, -0.2) is 30.2 Å². The molecule has 3 aromatic rings. The highest BCUT2D eigenvalue weighted by molar-refractivity contribution is 6.11. The maximum Gasteiger partial charge on any atom is 0.453 e. The molecule has 0 saturated heterocycles. The summed E-state index contributed by atoms with van der Waals surface area (Å²) in [6.45, 7) is 4.80. The van der Waals surface area contributed by atoms with E-state index in [1.54, 1.807) is 69.3 Å². The average Bonchev–Trinajstić information content (AvgIpc) is 3.00. The van der Waals surface area contributed by atoms with Crippen molar-refractivity contribution < 1.29 is 19.1 Å². The Balaban J connectivity index is 1.92. The lowest BCUT2D eigenvalue weighted by Gasteiger charge is -2.45. The molecule has 0 bridgehead atoms. The van der Waals surface area contributed by atoms with Crippen LogP contribution in [0.25, 0.3) is 0 Å². The fourth-order valence-corrected chi connectivity index (χ4v) is 4.69. The van der Waals surface area contributed by atoms with Crippen LogP contribution in [0.15, 0.2) is 89.9 Å². The number of nitrogens with zero attached hydrogens (tertiary/aromatic N) is 2. The summed E-state index contributed by atoms with van der Waals surface area (Å²) in [4.78, 5) is 45.3. The Hall–Kier alpha value is -4.30. The molecule has 2 unspecified atom stereocenters. The SMILES string of the molecule is CC1=NCC(=O)[N@+](NC(=O)OC(C)c2ccccc2)(C(C)(C(N)=O)c2ccccc2)c2ccccc21. The number of nitrogens with one attached hydrogen (secondary N) is 1. The van der Waals surface area contributed by atoms with E-state index >= 15 is 0 Å². The third-order valence-corrected chi connectivity index (χ3v) is 6.78. The van der Waals surface area contributed by atoms with Crippen molar-refractivity contribution in [1.29, 1.82) is 0 Å². The topological polar surface area (TPSA) is 111 Å². The molecule has 3 atom stereocenters. The number of primary amides is 1. The van der Waals surface area contributed by atoms with Gasteiger partial charge in [-0.25, -0.2) is 9.59 Å². The lowest BCUT2D eigenvalue weighted by atomic mass is 9.86. The van der Waals surface area contributed by atoms with Gasteiger partial charge in [0.2, 0.25) is 5.54 Å². The number of ether oxygens (including phenoxy) is 1. The van der Waals surface area contributed by atoms with Gasteiger partial charge in [-0.05, 0) is 25.5 Å². The molecule has 0 fully saturated rings. The van der Waals surface area contributed by atoms with Crippen molar-refractivity contribution in [3.05, 3.63) is 102 Å². The van der Waals surface area contributed by atoms with Crippen LogP contribution in [0, 0.1) is 0 Å². The second-order valence-corrected chi connectivity index (χ2v) is 8.86. The van der Waals surface area contributed by atoms with Crippen molar-refractivity contribution >= 4 is 29.3 Å². The van der Waals surface area contributed by atoms with Gasteiger partial charge in [0.1, 0.15) is 6.10 Å². The first-order valence-electron chi connectivity index (χ1n) is 11.6. The minimum atomic E-state index is -1.73. The third-order valence-electron chi connectivity index (χ3n) is 6.78. The molecule has 1 heterocycles. The molecule has 0 aromatic heterocycles. The van der Waals surface area contributed by atoms with E-state index in [1.165, 1.54) is 0 Å². The lowest BCUT2D eigenvalue weighted by Crippen LogP contribution is -2.78. The molecule has 3 amide bonds. The molecule has 8 heteroatoms. The molecule has 184 valence electrons. The van der Waals surface area contributed by atoms with Crippen molar-refractivity contribution in [1.82, 2.24) is 10.0 Å². The predicted molar refractivity (Wildman–Crippen MR) is 138 cm³/mol. The zero-order valence-electron chi connectivity index (χ0n) is 20.5. The van der Waals surface area contributed by atoms with Crippen molar-refractivity contribution in [2.75, 3.05) is 6.54 Å². The number of aliphatic imine (C=N–C) groups is 1. The minimum absolute atomic E-state index is 0.273. The number of rotatable bonds is 6. The quantitative estimate of drug-likeness (QED) is 0.511. The van der Waals surface area contributed by atoms with Gasteiger partial charge in [0, 0.05) is 24.3 Å². The number of fused-ring (bicyclic) bond motifs is 1. The van der Waals surface area contributed by atoms with Crippen molar-refractivity contribution in [3.63, 3.8) is 0 Å². The molecule has 0 saturated carbocycles. The summed E-state index contributed by atoms with van der Waals surface area (Å²) in [6.07, 6.45) is -1.49. The minimum Gasteiger partial charge on any atom is -0.438 e. The maximum atomic E-state index is 14.0. The fraction of sp³-hybridized carbons (Fsp3) is 0.214. The van der Waals surface area contributed by atoms with Gasteiger partial charge in [-0.15, -0.1) is 4.59 Å². The Morgan fingerprint density at radius 1 is 1.00 bits per heavy atom. The lowest BCUT2D eigenvalue weighted by molar-refractivity contribution is -0.147. The maximum absolute atomic E-state index is 14.0. The van der Waals surface area contributed by atoms with Crippen molar-refractivity contribution in [3.8, 4) is 0 Å². The molecule has 4 rings (SSSR count). The highest BCUT2D eigenvalue weighted by Gasteiger charge is 2.63. The predicted octanol–water partition coefficient (Wildman–Crippen LogP) is 4.15. The number of carbonyl (C=O) groups excluding carboxylic acids is 3. The third kappa shape index (κ3) is 4.05. The summed E-state index contributed by atoms with van der Waals surface area (Å²) < 4.78 is 4.79. The first-order valence-corrected chi connectivity index (χ1v) is 11.6. The Morgan fingerprint density at radius 2 is 1.58 bits per heavy atom. The summed E-state index contributed by atoms with van der Waals surface area (Å²) in [6, 6.07) is 25.0. The molecule has 3 N–H and O–H groups in total. The molecule has 0 radical (unpaired) electrons. The number of benzodiazepines with no additional fused rings is 1. The van der Waals surface area contributed by atoms with Gasteiger partial charge < -0.3 is 10.5 Å². The van der Waals surface area contributed by atoms with E-state index in [9.17, 15) is 14.4 Å². The number of nitrogens with two attached hydrogens (primary N) is 1. The van der Waals surface area contributed by atoms with E-state index in [-0.39, 0.29) is 6.54 Å². The van der Waals surface area contributed by atoms with Crippen LogP contribution >= 0.6 is 0 Å². The van der Waals surface area contributed by atoms with Crippen LogP contribution < -0.4 is 15.8 Å². The summed E-state index contributed by atoms with van der Waals surface area (Å²) in [5.74, 6) is -1.33. The monoisotopic (exact) mass is 485 g/mol. The van der Waals surface area contributed by atoms with Gasteiger partial charge in [-0.2, -0.15) is 5.43 Å². The largest absolute Gasteiger partial charge is 0.453 e. The number of hydrogen-bond acceptors (Lipinski definition) is 5. The standard InChI is InChI=1S/C28H28N4O4/c1-19-23-16-10-11-17-24(23)32(25(33)18-30-19,28(3,26(29)34)22-14-8-5-9-15-22)31-27(35)36-20(2)21-12-6-4-7-13-21/h4-17,20H,18H2,1-3H3,(H2-,29,31,34,35)/p+1/t20?,28?,32-/m0/s1. The molecular formula is C28H29N4O4+. The van der Waals surface area contributed by atoms with E-state index in [0.29, 0.717) is 22.5 Å². The van der Waals surface area contributed by atoms with Gasteiger partial charge in [-0.1, -0.05) is 72.8 Å². The first-order chi connectivity index (χ1) is 17.2. The van der Waals surface area contributed by atoms with E-state index in [0.717, 1.165) is 5.56 Å². The van der Waals surface area contributed by atoms with E-state index in [1.807, 2.05) is 36.4 Å². The zero-order valence-corrected chi connectivity index (χ0v) is 20.5. The Morgan fingerprint density at radius 3 is 2.22 bits per heavy atom. The van der Waals surface area contributed by atoms with Gasteiger partial charge >= 0.3 is 12.0 Å². The number of amides is 3. The van der Waals surface area contributed by atoms with Crippen LogP contribution in [0.2, 0.25) is 0 Å². The number of quaternary nitrogens is 1. The molecular weight excluding hydrogens is 456 g/mol. The second kappa shape index (κ2) is 9.75. The number of hydrogen-bond donors (Lipinski definition) is 2. The molecule has 8 nitrogen and oxygen atoms in total. The van der Waals surface area contributed by atoms with Crippen LogP contribution in [-0.2, 0) is 19.9 Å². The molecule has 0 spiro atoms. The summed E-state index contributed by atoms with van der Waals surface area (Å²) in [5.41, 5.74) is 9.92. The summed E-state index contributed by atoms with van der Waals surface area (Å²) in [7, 11) is 0. The molecule has 1 aliphatic rings. The summed E-state index contributed by atoms with van der Waals surface area (Å²) >= 11 is 0. The van der Waals surface area contributed by atoms with Gasteiger partial charge in [-0.3, -0.25) is 9.79 Å². The first kappa shape index (κ1) is 24.8. The van der Waals surface area contributed by atoms with Crippen LogP contribution in [0.3, 0.4) is 0 Å². The Bertz CT molecular complexity index is 1330. The van der Waals surface area contributed by atoms with Crippen molar-refractivity contribution in [2.24, 2.45) is 10.7 Å². The van der Waals surface area contributed by atoms with E-state index in [4.69, 9.17) is 10.5 Å². The Labute approximate surface area is 210 Å². The van der Waals surface area contributed by atoms with E-state index in [2.05, 4.69) is 10.4 Å². The zero-order chi connectivity index (χ0) is 25.9. The average molecular weight is 486 g/mol. The number of benzene rings is 3. The van der Waals surface area contributed by atoms with Gasteiger partial charge in [0.25, 0.3) is 5.91 Å². The highest BCUT2D eigenvalue weighted by Crippen LogP contribution is 2.42. The Kier molecular flexibility index (Phi) is 6.72. The van der Waals surface area contributed by atoms with Crippen LogP contribution in [0.5, 0.6) is 0 Å². The molecule has 1 aliphatic heterocycles. The molecule has 0 aliphatic carbocycles. The number of carbonyl (C=O) groups is 3. The smallest absolute Gasteiger partial charge is 0.438 e. The van der Waals surface area contributed by atoms with E-state index < -0.39 is 34.1 Å². The highest BCUT2D eigenvalue weighted by atomic mass is 16.6. The van der Waals surface area contributed by atoms with Crippen LogP contribution in [0.4, 0.5) is 10.5 Å². The summed E-state index contributed by atoms with van der Waals surface area (Å²) in [5, 5.41) is 0. The second-order valence-electron chi connectivity index (χ2n) is 8.86. The van der Waals surface area contributed by atoms with Crippen LogP contribution in [0.1, 0.15) is 43.6 Å². The van der Waals surface area contributed by atoms with Crippen molar-refractivity contribution in [2.45, 2.75) is 32.4 Å². The molecule has 3 aromatic carbocycles. The van der Waals surface area contributed by atoms with Gasteiger partial charge in [0.05, 0.1) is 5.56 Å².